The Morgan fingerprint density at radius 3 is 2.47 bits per heavy atom. The standard InChI is InChI=1S/C24H26F2N4O2/c25-20-5-8-23(26)24(15-20)32-18-22-17-29(13-14-31-22)16-19-3-6-21(7-4-19)30(11-1-9-27)12-2-10-28/h3-8,15,22H,1-2,11-14,16-18H2. The van der Waals surface area contributed by atoms with Gasteiger partial charge in [-0.25, -0.2) is 8.78 Å². The van der Waals surface area contributed by atoms with E-state index in [1.807, 2.05) is 29.2 Å². The van der Waals surface area contributed by atoms with Gasteiger partial charge in [-0.3, -0.25) is 4.90 Å². The second-order valence-corrected chi connectivity index (χ2v) is 7.58. The highest BCUT2D eigenvalue weighted by molar-refractivity contribution is 5.47. The molecule has 0 bridgehead atoms. The molecular formula is C24H26F2N4O2. The molecule has 0 aromatic heterocycles. The molecule has 0 saturated carbocycles. The van der Waals surface area contributed by atoms with Crippen LogP contribution < -0.4 is 9.64 Å². The number of benzene rings is 2. The van der Waals surface area contributed by atoms with Crippen LogP contribution in [0.3, 0.4) is 0 Å². The lowest BCUT2D eigenvalue weighted by atomic mass is 10.1. The van der Waals surface area contributed by atoms with E-state index < -0.39 is 11.6 Å². The van der Waals surface area contributed by atoms with Crippen molar-refractivity contribution in [3.05, 3.63) is 59.7 Å². The third kappa shape index (κ3) is 6.91. The first kappa shape index (κ1) is 23.5. The quantitative estimate of drug-likeness (QED) is 0.558. The Kier molecular flexibility index (Phi) is 8.79. The van der Waals surface area contributed by atoms with Crippen molar-refractivity contribution in [2.24, 2.45) is 0 Å². The van der Waals surface area contributed by atoms with E-state index in [9.17, 15) is 8.78 Å². The van der Waals surface area contributed by atoms with Crippen LogP contribution in [0.4, 0.5) is 14.5 Å². The number of hydrogen-bond donors (Lipinski definition) is 0. The van der Waals surface area contributed by atoms with E-state index in [4.69, 9.17) is 20.0 Å². The Morgan fingerprint density at radius 1 is 1.06 bits per heavy atom. The van der Waals surface area contributed by atoms with Gasteiger partial charge in [0.1, 0.15) is 18.5 Å². The minimum absolute atomic E-state index is 0.112. The lowest BCUT2D eigenvalue weighted by Gasteiger charge is -2.33. The molecule has 1 aliphatic heterocycles. The Labute approximate surface area is 187 Å². The lowest BCUT2D eigenvalue weighted by Crippen LogP contribution is -2.44. The summed E-state index contributed by atoms with van der Waals surface area (Å²) in [6.45, 7) is 3.97. The van der Waals surface area contributed by atoms with E-state index in [0.29, 0.717) is 39.1 Å². The molecule has 1 fully saturated rings. The second kappa shape index (κ2) is 12.0. The van der Waals surface area contributed by atoms with Crippen molar-refractivity contribution in [1.29, 1.82) is 10.5 Å². The van der Waals surface area contributed by atoms with Crippen LogP contribution >= 0.6 is 0 Å². The minimum Gasteiger partial charge on any atom is -0.488 e. The molecule has 0 radical (unpaired) electrons. The number of morpholine rings is 1. The largest absolute Gasteiger partial charge is 0.488 e. The summed E-state index contributed by atoms with van der Waals surface area (Å²) < 4.78 is 38.2. The Bertz CT molecular complexity index is 938. The lowest BCUT2D eigenvalue weighted by molar-refractivity contribution is -0.0508. The number of ether oxygens (including phenoxy) is 2. The van der Waals surface area contributed by atoms with E-state index in [-0.39, 0.29) is 18.5 Å². The highest BCUT2D eigenvalue weighted by atomic mass is 19.1. The highest BCUT2D eigenvalue weighted by Crippen LogP contribution is 2.20. The molecule has 1 unspecified atom stereocenters. The molecule has 0 amide bonds. The number of nitriles is 2. The van der Waals surface area contributed by atoms with Crippen molar-refractivity contribution in [3.63, 3.8) is 0 Å². The van der Waals surface area contributed by atoms with Gasteiger partial charge < -0.3 is 14.4 Å². The van der Waals surface area contributed by atoms with Crippen molar-refractivity contribution in [1.82, 2.24) is 4.90 Å². The maximum absolute atomic E-state index is 13.7. The number of nitrogens with zero attached hydrogens (tertiary/aromatic N) is 4. The fourth-order valence-electron chi connectivity index (χ4n) is 3.61. The summed E-state index contributed by atoms with van der Waals surface area (Å²) in [4.78, 5) is 4.28. The fourth-order valence-corrected chi connectivity index (χ4v) is 3.61. The van der Waals surface area contributed by atoms with Gasteiger partial charge in [0, 0.05) is 44.5 Å². The monoisotopic (exact) mass is 440 g/mol. The molecule has 1 atom stereocenters. The molecule has 0 N–H and O–H groups in total. The first-order valence-corrected chi connectivity index (χ1v) is 10.6. The highest BCUT2D eigenvalue weighted by Gasteiger charge is 2.22. The number of anilines is 1. The van der Waals surface area contributed by atoms with Crippen LogP contribution in [0.5, 0.6) is 5.75 Å². The molecule has 8 heteroatoms. The van der Waals surface area contributed by atoms with Crippen molar-refractivity contribution in [3.8, 4) is 17.9 Å². The van der Waals surface area contributed by atoms with E-state index in [2.05, 4.69) is 17.0 Å². The molecule has 6 nitrogen and oxygen atoms in total. The van der Waals surface area contributed by atoms with Crippen molar-refractivity contribution in [2.45, 2.75) is 25.5 Å². The van der Waals surface area contributed by atoms with Gasteiger partial charge in [0.25, 0.3) is 0 Å². The molecule has 0 aliphatic carbocycles. The van der Waals surface area contributed by atoms with Crippen molar-refractivity contribution >= 4 is 5.69 Å². The van der Waals surface area contributed by atoms with Crippen LogP contribution in [0.2, 0.25) is 0 Å². The van der Waals surface area contributed by atoms with Gasteiger partial charge in [-0.15, -0.1) is 0 Å². The normalized spacial score (nSPS) is 16.2. The van der Waals surface area contributed by atoms with Gasteiger partial charge in [0.05, 0.1) is 31.6 Å². The predicted octanol–water partition coefficient (Wildman–Crippen LogP) is 3.88. The summed E-state index contributed by atoms with van der Waals surface area (Å²) in [7, 11) is 0. The van der Waals surface area contributed by atoms with Crippen LogP contribution in [0, 0.1) is 34.3 Å². The summed E-state index contributed by atoms with van der Waals surface area (Å²) in [6, 6.07) is 15.5. The van der Waals surface area contributed by atoms with E-state index in [1.165, 1.54) is 0 Å². The van der Waals surface area contributed by atoms with Gasteiger partial charge in [-0.2, -0.15) is 10.5 Å². The van der Waals surface area contributed by atoms with E-state index >= 15 is 0 Å². The zero-order chi connectivity index (χ0) is 22.8. The molecule has 1 heterocycles. The van der Waals surface area contributed by atoms with Crippen LogP contribution in [-0.4, -0.2) is 50.4 Å². The average molecular weight is 440 g/mol. The summed E-state index contributed by atoms with van der Waals surface area (Å²) in [5.41, 5.74) is 2.12. The molecule has 2 aromatic rings. The number of halogens is 2. The summed E-state index contributed by atoms with van der Waals surface area (Å²) in [5.74, 6) is -1.26. The molecule has 3 rings (SSSR count). The number of rotatable bonds is 10. The Hall–Kier alpha value is -3.20. The van der Waals surface area contributed by atoms with Gasteiger partial charge >= 0.3 is 0 Å². The predicted molar refractivity (Wildman–Crippen MR) is 116 cm³/mol. The van der Waals surface area contributed by atoms with Gasteiger partial charge in [0.2, 0.25) is 0 Å². The van der Waals surface area contributed by atoms with Crippen LogP contribution in [0.15, 0.2) is 42.5 Å². The molecule has 32 heavy (non-hydrogen) atoms. The maximum atomic E-state index is 13.7. The summed E-state index contributed by atoms with van der Waals surface area (Å²) in [6.07, 6.45) is 0.576. The van der Waals surface area contributed by atoms with Crippen LogP contribution in [-0.2, 0) is 11.3 Å². The molecule has 0 spiro atoms. The average Bonchev–Trinajstić information content (AvgIpc) is 2.81. The first-order chi connectivity index (χ1) is 15.6. The fraction of sp³-hybridized carbons (Fsp3) is 0.417. The molecule has 168 valence electrons. The topological polar surface area (TPSA) is 72.5 Å². The second-order valence-electron chi connectivity index (χ2n) is 7.58. The first-order valence-electron chi connectivity index (χ1n) is 10.6. The number of hydrogen-bond acceptors (Lipinski definition) is 6. The molecule has 1 aliphatic rings. The van der Waals surface area contributed by atoms with Gasteiger partial charge in [-0.1, -0.05) is 12.1 Å². The third-order valence-corrected chi connectivity index (χ3v) is 5.24. The van der Waals surface area contributed by atoms with Gasteiger partial charge in [-0.05, 0) is 29.8 Å². The molecule has 1 saturated heterocycles. The van der Waals surface area contributed by atoms with Crippen LogP contribution in [0.25, 0.3) is 0 Å². The van der Waals surface area contributed by atoms with Gasteiger partial charge in [0.15, 0.2) is 11.6 Å². The third-order valence-electron chi connectivity index (χ3n) is 5.24. The van der Waals surface area contributed by atoms with E-state index in [1.54, 1.807) is 0 Å². The van der Waals surface area contributed by atoms with Crippen molar-refractivity contribution in [2.75, 3.05) is 44.3 Å². The zero-order valence-electron chi connectivity index (χ0n) is 17.8. The maximum Gasteiger partial charge on any atom is 0.165 e. The van der Waals surface area contributed by atoms with E-state index in [0.717, 1.165) is 42.5 Å². The Balaban J connectivity index is 1.53. The SMILES string of the molecule is N#CCCN(CCC#N)c1ccc(CN2CCOC(COc3cc(F)ccc3F)C2)cc1. The zero-order valence-corrected chi connectivity index (χ0v) is 17.8. The molecular weight excluding hydrogens is 414 g/mol. The Morgan fingerprint density at radius 2 is 1.78 bits per heavy atom. The van der Waals surface area contributed by atoms with Crippen LogP contribution in [0.1, 0.15) is 18.4 Å². The summed E-state index contributed by atoms with van der Waals surface area (Å²) >= 11 is 0. The van der Waals surface area contributed by atoms with Crippen molar-refractivity contribution < 1.29 is 18.3 Å². The smallest absolute Gasteiger partial charge is 0.165 e. The minimum atomic E-state index is -0.599. The summed E-state index contributed by atoms with van der Waals surface area (Å²) in [5, 5.41) is 17.7. The molecule has 2 aromatic carbocycles.